The molecule has 3 rings (SSSR count). The highest BCUT2D eigenvalue weighted by atomic mass is 16.6. The molecule has 9 nitrogen and oxygen atoms in total. The lowest BCUT2D eigenvalue weighted by molar-refractivity contribution is -0.385. The lowest BCUT2D eigenvalue weighted by atomic mass is 10.1. The second-order valence-corrected chi connectivity index (χ2v) is 5.30. The summed E-state index contributed by atoms with van der Waals surface area (Å²) in [6.07, 6.45) is 0. The van der Waals surface area contributed by atoms with Crippen molar-refractivity contribution < 1.29 is 28.7 Å². The van der Waals surface area contributed by atoms with E-state index in [0.29, 0.717) is 5.69 Å². The third-order valence-corrected chi connectivity index (χ3v) is 3.64. The van der Waals surface area contributed by atoms with E-state index >= 15 is 0 Å². The fraction of sp³-hybridized carbons (Fsp3) is 0.176. The number of benzene rings is 2. The molecule has 26 heavy (non-hydrogen) atoms. The zero-order chi connectivity index (χ0) is 18.7. The largest absolute Gasteiger partial charge is 0.486 e. The van der Waals surface area contributed by atoms with E-state index in [0.717, 1.165) is 6.07 Å². The second-order valence-electron chi connectivity index (χ2n) is 5.30. The van der Waals surface area contributed by atoms with Gasteiger partial charge in [0.05, 0.1) is 23.7 Å². The van der Waals surface area contributed by atoms with Crippen LogP contribution in [0.25, 0.3) is 0 Å². The summed E-state index contributed by atoms with van der Waals surface area (Å²) in [6, 6.07) is 8.47. The zero-order valence-electron chi connectivity index (χ0n) is 13.7. The fourth-order valence-electron chi connectivity index (χ4n) is 2.45. The number of nitrogens with zero attached hydrogens (tertiary/aromatic N) is 1. The number of anilines is 1. The van der Waals surface area contributed by atoms with Gasteiger partial charge in [-0.25, -0.2) is 4.79 Å². The lowest BCUT2D eigenvalue weighted by Crippen LogP contribution is -2.18. The molecule has 2 aromatic rings. The Morgan fingerprint density at radius 3 is 2.50 bits per heavy atom. The first kappa shape index (κ1) is 17.2. The van der Waals surface area contributed by atoms with Crippen molar-refractivity contribution in [3.63, 3.8) is 0 Å². The van der Waals surface area contributed by atoms with Gasteiger partial charge in [0.2, 0.25) is 0 Å². The van der Waals surface area contributed by atoms with Gasteiger partial charge in [-0.3, -0.25) is 14.9 Å². The van der Waals surface area contributed by atoms with Crippen LogP contribution in [-0.2, 0) is 4.74 Å². The molecule has 1 aliphatic heterocycles. The summed E-state index contributed by atoms with van der Waals surface area (Å²) in [5, 5.41) is 13.8. The van der Waals surface area contributed by atoms with Gasteiger partial charge in [-0.2, -0.15) is 0 Å². The first-order valence-electron chi connectivity index (χ1n) is 7.57. The number of hydrogen-bond acceptors (Lipinski definition) is 7. The summed E-state index contributed by atoms with van der Waals surface area (Å²) in [7, 11) is 1.24. The molecule has 1 heterocycles. The Kier molecular flexibility index (Phi) is 4.70. The third-order valence-electron chi connectivity index (χ3n) is 3.64. The molecule has 1 amide bonds. The van der Waals surface area contributed by atoms with Crippen molar-refractivity contribution in [2.45, 2.75) is 0 Å². The SMILES string of the molecule is COC(=O)c1cccc(NC(=O)c2cc3c(cc2[N+](=O)[O-])OCCO3)c1. The molecule has 0 aliphatic carbocycles. The molecular weight excluding hydrogens is 344 g/mol. The summed E-state index contributed by atoms with van der Waals surface area (Å²) < 4.78 is 15.3. The highest BCUT2D eigenvalue weighted by Gasteiger charge is 2.26. The maximum Gasteiger partial charge on any atom is 0.337 e. The van der Waals surface area contributed by atoms with Crippen LogP contribution < -0.4 is 14.8 Å². The van der Waals surface area contributed by atoms with Crippen molar-refractivity contribution in [3.8, 4) is 11.5 Å². The number of nitro groups is 1. The third kappa shape index (κ3) is 3.41. The first-order chi connectivity index (χ1) is 12.5. The van der Waals surface area contributed by atoms with Crippen LogP contribution in [0, 0.1) is 10.1 Å². The van der Waals surface area contributed by atoms with Crippen molar-refractivity contribution in [1.82, 2.24) is 0 Å². The molecular formula is C17H14N2O7. The molecule has 0 unspecified atom stereocenters. The topological polar surface area (TPSA) is 117 Å². The highest BCUT2D eigenvalue weighted by Crippen LogP contribution is 2.36. The Labute approximate surface area is 147 Å². The number of carbonyl (C=O) groups excluding carboxylic acids is 2. The fourth-order valence-corrected chi connectivity index (χ4v) is 2.45. The van der Waals surface area contributed by atoms with Gasteiger partial charge >= 0.3 is 5.97 Å². The van der Waals surface area contributed by atoms with Crippen molar-refractivity contribution >= 4 is 23.3 Å². The molecule has 0 aromatic heterocycles. The number of amides is 1. The number of methoxy groups -OCH3 is 1. The van der Waals surface area contributed by atoms with Gasteiger partial charge in [0.25, 0.3) is 11.6 Å². The second kappa shape index (κ2) is 7.09. The van der Waals surface area contributed by atoms with E-state index in [4.69, 9.17) is 9.47 Å². The number of ether oxygens (including phenoxy) is 3. The molecule has 0 fully saturated rings. The van der Waals surface area contributed by atoms with Gasteiger partial charge in [0.1, 0.15) is 18.8 Å². The van der Waals surface area contributed by atoms with E-state index < -0.39 is 22.5 Å². The predicted octanol–water partition coefficient (Wildman–Crippen LogP) is 2.40. The summed E-state index contributed by atoms with van der Waals surface area (Å²) >= 11 is 0. The molecule has 9 heteroatoms. The van der Waals surface area contributed by atoms with Crippen LogP contribution in [0.3, 0.4) is 0 Å². The molecule has 1 aliphatic rings. The van der Waals surface area contributed by atoms with Crippen LogP contribution in [0.2, 0.25) is 0 Å². The Morgan fingerprint density at radius 1 is 1.15 bits per heavy atom. The number of nitro benzene ring substituents is 1. The van der Waals surface area contributed by atoms with Gasteiger partial charge in [-0.1, -0.05) is 6.07 Å². The van der Waals surface area contributed by atoms with E-state index in [1.54, 1.807) is 12.1 Å². The maximum absolute atomic E-state index is 12.5. The molecule has 1 N–H and O–H groups in total. The standard InChI is InChI=1S/C17H14N2O7/c1-24-17(21)10-3-2-4-11(7-10)18-16(20)12-8-14-15(26-6-5-25-14)9-13(12)19(22)23/h2-4,7-9H,5-6H2,1H3,(H,18,20). The number of nitrogens with one attached hydrogen (secondary N) is 1. The quantitative estimate of drug-likeness (QED) is 0.506. The molecule has 0 saturated heterocycles. The van der Waals surface area contributed by atoms with Crippen LogP contribution >= 0.6 is 0 Å². The number of fused-ring (bicyclic) bond motifs is 1. The van der Waals surface area contributed by atoms with E-state index in [1.807, 2.05) is 0 Å². The smallest absolute Gasteiger partial charge is 0.337 e. The van der Waals surface area contributed by atoms with E-state index in [1.165, 1.54) is 25.3 Å². The minimum absolute atomic E-state index is 0.178. The number of esters is 1. The van der Waals surface area contributed by atoms with Crippen LogP contribution in [0.5, 0.6) is 11.5 Å². The number of rotatable bonds is 4. The Balaban J connectivity index is 1.92. The van der Waals surface area contributed by atoms with E-state index in [2.05, 4.69) is 10.1 Å². The zero-order valence-corrected chi connectivity index (χ0v) is 13.7. The number of hydrogen-bond donors (Lipinski definition) is 1. The van der Waals surface area contributed by atoms with Crippen LogP contribution in [0.4, 0.5) is 11.4 Å². The Hall–Kier alpha value is -3.62. The molecule has 2 aromatic carbocycles. The number of carbonyl (C=O) groups is 2. The van der Waals surface area contributed by atoms with Crippen LogP contribution in [0.1, 0.15) is 20.7 Å². The van der Waals surface area contributed by atoms with Gasteiger partial charge in [-0.05, 0) is 18.2 Å². The normalized spacial score (nSPS) is 12.2. The lowest BCUT2D eigenvalue weighted by Gasteiger charge is -2.18. The van der Waals surface area contributed by atoms with Gasteiger partial charge in [0.15, 0.2) is 11.5 Å². The molecule has 0 radical (unpaired) electrons. The summed E-state index contributed by atoms with van der Waals surface area (Å²) in [4.78, 5) is 34.8. The summed E-state index contributed by atoms with van der Waals surface area (Å²) in [5.41, 5.74) is -0.0531. The Bertz CT molecular complexity index is 895. The van der Waals surface area contributed by atoms with Crippen molar-refractivity contribution in [2.75, 3.05) is 25.6 Å². The van der Waals surface area contributed by atoms with Crippen molar-refractivity contribution in [2.24, 2.45) is 0 Å². The minimum Gasteiger partial charge on any atom is -0.486 e. The van der Waals surface area contributed by atoms with Crippen molar-refractivity contribution in [1.29, 1.82) is 0 Å². The first-order valence-corrected chi connectivity index (χ1v) is 7.57. The van der Waals surface area contributed by atoms with E-state index in [9.17, 15) is 19.7 Å². The molecule has 0 atom stereocenters. The maximum atomic E-state index is 12.5. The summed E-state index contributed by atoms with van der Waals surface area (Å²) in [6.45, 7) is 0.559. The molecule has 0 saturated carbocycles. The van der Waals surface area contributed by atoms with Gasteiger partial charge in [0, 0.05) is 11.8 Å². The average Bonchev–Trinajstić information content (AvgIpc) is 2.66. The van der Waals surface area contributed by atoms with Crippen LogP contribution in [0.15, 0.2) is 36.4 Å². The minimum atomic E-state index is -0.712. The highest BCUT2D eigenvalue weighted by molar-refractivity contribution is 6.08. The van der Waals surface area contributed by atoms with Crippen molar-refractivity contribution in [3.05, 3.63) is 57.6 Å². The average molecular weight is 358 g/mol. The summed E-state index contributed by atoms with van der Waals surface area (Å²) in [5.74, 6) is -0.801. The van der Waals surface area contributed by atoms with Crippen LogP contribution in [-0.4, -0.2) is 37.1 Å². The van der Waals surface area contributed by atoms with Gasteiger partial charge < -0.3 is 19.5 Å². The predicted molar refractivity (Wildman–Crippen MR) is 89.8 cm³/mol. The molecule has 134 valence electrons. The monoisotopic (exact) mass is 358 g/mol. The van der Waals surface area contributed by atoms with Gasteiger partial charge in [-0.15, -0.1) is 0 Å². The Morgan fingerprint density at radius 2 is 1.85 bits per heavy atom. The van der Waals surface area contributed by atoms with E-state index in [-0.39, 0.29) is 35.8 Å². The molecule has 0 bridgehead atoms. The molecule has 0 spiro atoms.